The summed E-state index contributed by atoms with van der Waals surface area (Å²) in [5.74, 6) is 0. The van der Waals surface area contributed by atoms with Crippen molar-refractivity contribution in [3.8, 4) is 0 Å². The van der Waals surface area contributed by atoms with Gasteiger partial charge >= 0.3 is 0 Å². The maximum atomic E-state index is 11.8. The topological polar surface area (TPSA) is 79.5 Å². The molecule has 5 nitrogen and oxygen atoms in total. The van der Waals surface area contributed by atoms with Gasteiger partial charge in [0, 0.05) is 12.1 Å². The summed E-state index contributed by atoms with van der Waals surface area (Å²) in [6.45, 7) is 0.173. The highest BCUT2D eigenvalue weighted by molar-refractivity contribution is 7.91. The molecule has 0 saturated carbocycles. The predicted molar refractivity (Wildman–Crippen MR) is 67.8 cm³/mol. The Kier molecular flexibility index (Phi) is 4.18. The molecule has 2 aromatic heterocycles. The zero-order chi connectivity index (χ0) is 13.0. The van der Waals surface area contributed by atoms with Crippen LogP contribution in [-0.4, -0.2) is 20.1 Å². The van der Waals surface area contributed by atoms with E-state index in [9.17, 15) is 13.5 Å². The van der Waals surface area contributed by atoms with E-state index in [2.05, 4.69) is 4.72 Å². The van der Waals surface area contributed by atoms with Crippen LogP contribution in [0.1, 0.15) is 18.1 Å². The second kappa shape index (κ2) is 5.66. The highest BCUT2D eigenvalue weighted by atomic mass is 32.2. The molecule has 98 valence electrons. The second-order valence-electron chi connectivity index (χ2n) is 3.69. The Hall–Kier alpha value is -1.15. The number of hydrogen-bond donors (Lipinski definition) is 2. The van der Waals surface area contributed by atoms with Crippen LogP contribution in [0.15, 0.2) is 44.7 Å². The summed E-state index contributed by atoms with van der Waals surface area (Å²) in [6.07, 6.45) is 2.48. The van der Waals surface area contributed by atoms with Gasteiger partial charge in [0.15, 0.2) is 0 Å². The molecule has 0 unspecified atom stereocenters. The average Bonchev–Trinajstić information content (AvgIpc) is 3.02. The molecule has 2 rings (SSSR count). The van der Waals surface area contributed by atoms with Crippen molar-refractivity contribution >= 4 is 21.4 Å². The van der Waals surface area contributed by atoms with Gasteiger partial charge in [-0.3, -0.25) is 0 Å². The predicted octanol–water partition coefficient (Wildman–Crippen LogP) is 1.74. The fourth-order valence-electron chi connectivity index (χ4n) is 1.45. The summed E-state index contributed by atoms with van der Waals surface area (Å²) in [6, 6.07) is 4.87. The van der Waals surface area contributed by atoms with Crippen LogP contribution in [0.3, 0.4) is 0 Å². The lowest BCUT2D eigenvalue weighted by molar-refractivity contribution is 0.168. The van der Waals surface area contributed by atoms with Crippen molar-refractivity contribution in [2.45, 2.75) is 16.7 Å². The summed E-state index contributed by atoms with van der Waals surface area (Å²) >= 11 is 1.16. The zero-order valence-corrected chi connectivity index (χ0v) is 11.1. The molecule has 0 amide bonds. The molecule has 18 heavy (non-hydrogen) atoms. The van der Waals surface area contributed by atoms with Crippen LogP contribution in [0.4, 0.5) is 0 Å². The van der Waals surface area contributed by atoms with Crippen LogP contribution in [0.5, 0.6) is 0 Å². The van der Waals surface area contributed by atoms with E-state index in [0.29, 0.717) is 12.0 Å². The van der Waals surface area contributed by atoms with Gasteiger partial charge in [-0.2, -0.15) is 0 Å². The largest absolute Gasteiger partial charge is 0.472 e. The molecule has 2 N–H and O–H groups in total. The molecule has 0 saturated heterocycles. The van der Waals surface area contributed by atoms with Crippen molar-refractivity contribution in [1.82, 2.24) is 4.72 Å². The number of furan rings is 1. The van der Waals surface area contributed by atoms with Gasteiger partial charge in [-0.25, -0.2) is 13.1 Å². The normalized spacial score (nSPS) is 13.6. The molecule has 0 fully saturated rings. The molecule has 2 aromatic rings. The number of aliphatic hydroxyl groups is 1. The molecule has 0 aliphatic rings. The molecule has 2 heterocycles. The fourth-order valence-corrected chi connectivity index (χ4v) is 3.53. The Balaban J connectivity index is 1.86. The van der Waals surface area contributed by atoms with E-state index in [-0.39, 0.29) is 10.8 Å². The smallest absolute Gasteiger partial charge is 0.250 e. The highest BCUT2D eigenvalue weighted by Crippen LogP contribution is 2.18. The van der Waals surface area contributed by atoms with E-state index in [1.54, 1.807) is 23.6 Å². The van der Waals surface area contributed by atoms with Gasteiger partial charge < -0.3 is 9.52 Å². The van der Waals surface area contributed by atoms with Crippen LogP contribution in [0, 0.1) is 0 Å². The lowest BCUT2D eigenvalue weighted by atomic mass is 10.1. The zero-order valence-electron chi connectivity index (χ0n) is 9.44. The molecule has 0 aromatic carbocycles. The van der Waals surface area contributed by atoms with E-state index < -0.39 is 16.1 Å². The third-order valence-electron chi connectivity index (χ3n) is 2.40. The summed E-state index contributed by atoms with van der Waals surface area (Å²) < 4.78 is 31.1. The highest BCUT2D eigenvalue weighted by Gasteiger charge is 2.15. The number of aliphatic hydroxyl groups excluding tert-OH is 1. The first-order chi connectivity index (χ1) is 8.59. The quantitative estimate of drug-likeness (QED) is 0.848. The number of rotatable bonds is 6. The van der Waals surface area contributed by atoms with E-state index in [4.69, 9.17) is 4.42 Å². The fraction of sp³-hybridized carbons (Fsp3) is 0.273. The summed E-state index contributed by atoms with van der Waals surface area (Å²) in [5.41, 5.74) is 0.644. The summed E-state index contributed by atoms with van der Waals surface area (Å²) in [4.78, 5) is 0. The van der Waals surface area contributed by atoms with Crippen LogP contribution < -0.4 is 4.72 Å². The molecule has 7 heteroatoms. The van der Waals surface area contributed by atoms with Crippen molar-refractivity contribution in [2.24, 2.45) is 0 Å². The van der Waals surface area contributed by atoms with Crippen molar-refractivity contribution in [3.05, 3.63) is 41.7 Å². The van der Waals surface area contributed by atoms with Crippen molar-refractivity contribution in [2.75, 3.05) is 6.54 Å². The van der Waals surface area contributed by atoms with Crippen molar-refractivity contribution in [3.63, 3.8) is 0 Å². The molecule has 0 spiro atoms. The molecule has 1 atom stereocenters. The van der Waals surface area contributed by atoms with Crippen LogP contribution in [-0.2, 0) is 10.0 Å². The lowest BCUT2D eigenvalue weighted by Crippen LogP contribution is -2.25. The molecule has 0 bridgehead atoms. The maximum absolute atomic E-state index is 11.8. The lowest BCUT2D eigenvalue weighted by Gasteiger charge is -2.09. The van der Waals surface area contributed by atoms with Crippen molar-refractivity contribution in [1.29, 1.82) is 0 Å². The van der Waals surface area contributed by atoms with Crippen LogP contribution in [0.25, 0.3) is 0 Å². The minimum absolute atomic E-state index is 0.173. The maximum Gasteiger partial charge on any atom is 0.250 e. The number of sulfonamides is 1. The summed E-state index contributed by atoms with van der Waals surface area (Å²) in [7, 11) is -3.45. The minimum Gasteiger partial charge on any atom is -0.472 e. The molecular weight excluding hydrogens is 274 g/mol. The SMILES string of the molecule is O=S(=O)(NCC[C@H](O)c1ccoc1)c1cccs1. The molecule has 0 aliphatic carbocycles. The van der Waals surface area contributed by atoms with Gasteiger partial charge in [-0.15, -0.1) is 11.3 Å². The Morgan fingerprint density at radius 3 is 2.89 bits per heavy atom. The van der Waals surface area contributed by atoms with Crippen molar-refractivity contribution < 1.29 is 17.9 Å². The van der Waals surface area contributed by atoms with E-state index in [1.165, 1.54) is 12.5 Å². The average molecular weight is 287 g/mol. The van der Waals surface area contributed by atoms with Gasteiger partial charge in [0.25, 0.3) is 0 Å². The number of hydrogen-bond acceptors (Lipinski definition) is 5. The van der Waals surface area contributed by atoms with Crippen LogP contribution in [0.2, 0.25) is 0 Å². The first-order valence-corrected chi connectivity index (χ1v) is 7.69. The summed E-state index contributed by atoms with van der Waals surface area (Å²) in [5, 5.41) is 11.4. The van der Waals surface area contributed by atoms with Gasteiger partial charge in [-0.05, 0) is 23.9 Å². The Bertz CT molecular complexity index is 560. The van der Waals surface area contributed by atoms with E-state index in [0.717, 1.165) is 11.3 Å². The Labute approximate surface area is 109 Å². The molecular formula is C11H13NO4S2. The Morgan fingerprint density at radius 2 is 2.28 bits per heavy atom. The standard InChI is InChI=1S/C11H13NO4S2/c13-10(9-4-6-16-8-9)3-5-12-18(14,15)11-2-1-7-17-11/h1-2,4,6-8,10,12-13H,3,5H2/t10-/m0/s1. The third-order valence-corrected chi connectivity index (χ3v) is 5.26. The molecule has 0 aliphatic heterocycles. The number of nitrogens with one attached hydrogen (secondary N) is 1. The number of thiophene rings is 1. The first kappa shape index (κ1) is 13.3. The first-order valence-electron chi connectivity index (χ1n) is 5.33. The van der Waals surface area contributed by atoms with Gasteiger partial charge in [0.05, 0.1) is 18.6 Å². The van der Waals surface area contributed by atoms with Crippen LogP contribution >= 0.6 is 11.3 Å². The second-order valence-corrected chi connectivity index (χ2v) is 6.63. The van der Waals surface area contributed by atoms with E-state index >= 15 is 0 Å². The molecule has 0 radical (unpaired) electrons. The van der Waals surface area contributed by atoms with E-state index in [1.807, 2.05) is 0 Å². The minimum atomic E-state index is -3.45. The van der Waals surface area contributed by atoms with Gasteiger partial charge in [0.1, 0.15) is 4.21 Å². The van der Waals surface area contributed by atoms with Gasteiger partial charge in [-0.1, -0.05) is 6.07 Å². The van der Waals surface area contributed by atoms with Gasteiger partial charge in [0.2, 0.25) is 10.0 Å². The third kappa shape index (κ3) is 3.20. The monoisotopic (exact) mass is 287 g/mol. The Morgan fingerprint density at radius 1 is 1.44 bits per heavy atom.